The molecule has 0 spiro atoms. The van der Waals surface area contributed by atoms with Crippen LogP contribution >= 0.6 is 24.4 Å². The zero-order valence-electron chi connectivity index (χ0n) is 20.3. The topological polar surface area (TPSA) is 6.48 Å². The molecule has 0 saturated heterocycles. The molecule has 0 atom stereocenters. The molecule has 2 nitrogen and oxygen atoms in total. The Morgan fingerprint density at radius 3 is 0.784 bits per heavy atom. The van der Waals surface area contributed by atoms with E-state index in [1.807, 2.05) is 82.6 Å². The van der Waals surface area contributed by atoms with E-state index in [0.29, 0.717) is 8.64 Å². The Hall–Kier alpha value is -2.38. The van der Waals surface area contributed by atoms with E-state index >= 15 is 0 Å². The minimum absolute atomic E-state index is 0. The van der Waals surface area contributed by atoms with Crippen molar-refractivity contribution in [3.8, 4) is 0 Å². The third kappa shape index (κ3) is 11.7. The SMILES string of the molecule is S=C([S-])N(Cc1ccccc1)Cc1ccccc1.S=C([S-])N(Cc1ccccc1)Cc1ccccc1.[Mn+2]. The summed E-state index contributed by atoms with van der Waals surface area (Å²) in [5.74, 6) is 0. The summed E-state index contributed by atoms with van der Waals surface area (Å²) < 4.78 is 1.03. The van der Waals surface area contributed by atoms with Gasteiger partial charge >= 0.3 is 17.1 Å². The van der Waals surface area contributed by atoms with Gasteiger partial charge in [0.05, 0.1) is 0 Å². The molecule has 0 heterocycles. The number of thiocarbonyl (C=S) groups is 2. The second-order valence-electron chi connectivity index (χ2n) is 8.19. The minimum Gasteiger partial charge on any atom is -0.411 e. The molecule has 0 aliphatic rings. The van der Waals surface area contributed by atoms with E-state index in [0.717, 1.165) is 26.2 Å². The molecule has 0 aliphatic heterocycles. The Bertz CT molecular complexity index is 1010. The third-order valence-corrected chi connectivity index (χ3v) is 6.41. The fraction of sp³-hybridized carbons (Fsp3) is 0.133. The molecule has 0 aliphatic carbocycles. The number of hydrogen-bond acceptors (Lipinski definition) is 4. The van der Waals surface area contributed by atoms with Gasteiger partial charge in [0.1, 0.15) is 0 Å². The average molecular weight is 600 g/mol. The molecule has 4 rings (SSSR count). The van der Waals surface area contributed by atoms with Gasteiger partial charge in [-0.1, -0.05) is 130 Å². The quantitative estimate of drug-likeness (QED) is 0.121. The van der Waals surface area contributed by atoms with Crippen LogP contribution in [-0.4, -0.2) is 18.4 Å². The molecule has 4 aromatic carbocycles. The van der Waals surface area contributed by atoms with Gasteiger partial charge in [0, 0.05) is 26.2 Å². The standard InChI is InChI=1S/2C15H15NS2.Mn/c2*17-15(18)16(11-13-7-3-1-4-8-13)12-14-9-5-2-6-10-14;/h2*1-10H,11-12H2,(H,17,18);/q;;+2/p-2. The maximum atomic E-state index is 5.16. The molecule has 1 radical (unpaired) electrons. The van der Waals surface area contributed by atoms with Gasteiger partial charge in [-0.3, -0.25) is 0 Å². The second-order valence-corrected chi connectivity index (χ2v) is 10.2. The Kier molecular flexibility index (Phi) is 14.3. The zero-order valence-corrected chi connectivity index (χ0v) is 24.7. The molecule has 0 bridgehead atoms. The van der Waals surface area contributed by atoms with Gasteiger partial charge in [0.25, 0.3) is 0 Å². The van der Waals surface area contributed by atoms with Gasteiger partial charge in [-0.05, 0) is 22.3 Å². The van der Waals surface area contributed by atoms with Crippen LogP contribution in [0.4, 0.5) is 0 Å². The van der Waals surface area contributed by atoms with Crippen molar-refractivity contribution in [3.05, 3.63) is 144 Å². The first-order chi connectivity index (χ1) is 17.5. The van der Waals surface area contributed by atoms with Crippen LogP contribution in [0.3, 0.4) is 0 Å². The van der Waals surface area contributed by atoms with E-state index in [1.165, 1.54) is 22.3 Å². The molecule has 0 amide bonds. The maximum absolute atomic E-state index is 5.16. The number of rotatable bonds is 8. The van der Waals surface area contributed by atoms with Crippen LogP contribution in [0.15, 0.2) is 121 Å². The van der Waals surface area contributed by atoms with E-state index in [9.17, 15) is 0 Å². The van der Waals surface area contributed by atoms with Crippen molar-refractivity contribution in [2.24, 2.45) is 0 Å². The summed E-state index contributed by atoms with van der Waals surface area (Å²) in [6.45, 7) is 3.05. The summed E-state index contributed by atoms with van der Waals surface area (Å²) in [5, 5.41) is 0. The number of benzene rings is 4. The Morgan fingerprint density at radius 1 is 0.432 bits per heavy atom. The fourth-order valence-electron chi connectivity index (χ4n) is 3.59. The Labute approximate surface area is 253 Å². The molecule has 0 saturated carbocycles. The monoisotopic (exact) mass is 599 g/mol. The van der Waals surface area contributed by atoms with Gasteiger partial charge in [-0.2, -0.15) is 0 Å². The van der Waals surface area contributed by atoms with Crippen molar-refractivity contribution in [2.75, 3.05) is 0 Å². The van der Waals surface area contributed by atoms with E-state index in [-0.39, 0.29) is 17.1 Å². The Morgan fingerprint density at radius 2 is 0.622 bits per heavy atom. The van der Waals surface area contributed by atoms with Crippen LogP contribution in [-0.2, 0) is 68.5 Å². The maximum Gasteiger partial charge on any atom is 2.00 e. The van der Waals surface area contributed by atoms with Gasteiger partial charge in [-0.25, -0.2) is 0 Å². The summed E-state index contributed by atoms with van der Waals surface area (Å²) in [4.78, 5) is 4.07. The number of nitrogens with zero attached hydrogens (tertiary/aromatic N) is 2. The van der Waals surface area contributed by atoms with Gasteiger partial charge in [-0.15, -0.1) is 0 Å². The molecule has 4 aromatic rings. The summed E-state index contributed by atoms with van der Waals surface area (Å²) in [6, 6.07) is 41.0. The van der Waals surface area contributed by atoms with E-state index in [4.69, 9.17) is 49.7 Å². The van der Waals surface area contributed by atoms with Gasteiger partial charge in [0.15, 0.2) is 0 Å². The van der Waals surface area contributed by atoms with Crippen molar-refractivity contribution in [3.63, 3.8) is 0 Å². The van der Waals surface area contributed by atoms with Crippen LogP contribution in [0.25, 0.3) is 0 Å². The molecule has 189 valence electrons. The van der Waals surface area contributed by atoms with E-state index < -0.39 is 0 Å². The predicted octanol–water partition coefficient (Wildman–Crippen LogP) is 7.04. The minimum atomic E-state index is 0. The van der Waals surface area contributed by atoms with Crippen LogP contribution in [0.1, 0.15) is 22.3 Å². The van der Waals surface area contributed by atoms with Crippen LogP contribution in [0.5, 0.6) is 0 Å². The van der Waals surface area contributed by atoms with Gasteiger partial charge in [0.2, 0.25) is 0 Å². The molecular formula is C30H28MnN2S4. The smallest absolute Gasteiger partial charge is 0.411 e. The largest absolute Gasteiger partial charge is 2.00 e. The van der Waals surface area contributed by atoms with Crippen molar-refractivity contribution in [1.82, 2.24) is 9.80 Å². The predicted molar refractivity (Wildman–Crippen MR) is 164 cm³/mol. The average Bonchev–Trinajstić information content (AvgIpc) is 2.91. The van der Waals surface area contributed by atoms with Gasteiger partial charge < -0.3 is 59.5 Å². The molecule has 0 unspecified atom stereocenters. The Balaban J connectivity index is 0.000000253. The van der Waals surface area contributed by atoms with E-state index in [2.05, 4.69) is 48.5 Å². The molecule has 0 N–H and O–H groups in total. The normalized spacial score (nSPS) is 9.73. The van der Waals surface area contributed by atoms with Crippen LogP contribution < -0.4 is 0 Å². The summed E-state index contributed by atoms with van der Waals surface area (Å²) >= 11 is 20.6. The summed E-state index contributed by atoms with van der Waals surface area (Å²) in [6.07, 6.45) is 0. The summed E-state index contributed by atoms with van der Waals surface area (Å²) in [7, 11) is 0. The first-order valence-corrected chi connectivity index (χ1v) is 13.2. The first-order valence-electron chi connectivity index (χ1n) is 11.6. The molecule has 7 heteroatoms. The third-order valence-electron chi connectivity index (χ3n) is 5.38. The second kappa shape index (κ2) is 17.2. The summed E-state index contributed by atoms with van der Waals surface area (Å²) in [5.41, 5.74) is 4.89. The number of hydrogen-bond donors (Lipinski definition) is 0. The molecule has 37 heavy (non-hydrogen) atoms. The van der Waals surface area contributed by atoms with Crippen LogP contribution in [0.2, 0.25) is 0 Å². The van der Waals surface area contributed by atoms with Crippen molar-refractivity contribution >= 4 is 58.3 Å². The zero-order chi connectivity index (χ0) is 25.6. The first kappa shape index (κ1) is 30.8. The molecule has 0 fully saturated rings. The van der Waals surface area contributed by atoms with Crippen molar-refractivity contribution < 1.29 is 17.1 Å². The molecular weight excluding hydrogens is 572 g/mol. The molecule has 0 aromatic heterocycles. The van der Waals surface area contributed by atoms with Crippen LogP contribution in [0, 0.1) is 0 Å². The van der Waals surface area contributed by atoms with Crippen molar-refractivity contribution in [2.45, 2.75) is 26.2 Å². The fourth-order valence-corrected chi connectivity index (χ4v) is 4.10. The van der Waals surface area contributed by atoms with Crippen molar-refractivity contribution in [1.29, 1.82) is 0 Å². The van der Waals surface area contributed by atoms with E-state index in [1.54, 1.807) is 0 Å².